The summed E-state index contributed by atoms with van der Waals surface area (Å²) in [5, 5.41) is 0. The fourth-order valence-corrected chi connectivity index (χ4v) is 3.07. The molecule has 0 N–H and O–H groups in total. The molecule has 0 bridgehead atoms. The van der Waals surface area contributed by atoms with Gasteiger partial charge in [-0.15, -0.1) is 0 Å². The summed E-state index contributed by atoms with van der Waals surface area (Å²) in [5.74, 6) is -0.226. The van der Waals surface area contributed by atoms with Crippen LogP contribution in [0.1, 0.15) is 17.3 Å². The number of amides is 1. The van der Waals surface area contributed by atoms with Crippen molar-refractivity contribution in [1.29, 1.82) is 0 Å². The van der Waals surface area contributed by atoms with E-state index in [1.165, 1.54) is 11.2 Å². The molecule has 1 aromatic carbocycles. The maximum absolute atomic E-state index is 12.1. The molecule has 18 heavy (non-hydrogen) atoms. The first-order valence-electron chi connectivity index (χ1n) is 5.41. The van der Waals surface area contributed by atoms with Crippen molar-refractivity contribution in [2.75, 3.05) is 19.1 Å². The number of nitrogens with zero attached hydrogens (tertiary/aromatic N) is 1. The number of benzene rings is 1. The van der Waals surface area contributed by atoms with E-state index >= 15 is 0 Å². The van der Waals surface area contributed by atoms with E-state index in [0.29, 0.717) is 5.56 Å². The van der Waals surface area contributed by atoms with Crippen molar-refractivity contribution in [2.24, 2.45) is 0 Å². The van der Waals surface area contributed by atoms with Crippen LogP contribution in [0, 0.1) is 0 Å². The van der Waals surface area contributed by atoms with Crippen molar-refractivity contribution in [2.45, 2.75) is 13.0 Å². The van der Waals surface area contributed by atoms with Crippen LogP contribution in [0.3, 0.4) is 0 Å². The number of sulfone groups is 1. The molecule has 1 atom stereocenters. The molecule has 1 amide bonds. The van der Waals surface area contributed by atoms with E-state index in [2.05, 4.69) is 15.9 Å². The van der Waals surface area contributed by atoms with Crippen molar-refractivity contribution < 1.29 is 13.2 Å². The quantitative estimate of drug-likeness (QED) is 0.846. The lowest BCUT2D eigenvalue weighted by atomic mass is 10.2. The van der Waals surface area contributed by atoms with E-state index in [1.54, 1.807) is 32.2 Å². The Hall–Kier alpha value is -0.880. The van der Waals surface area contributed by atoms with Crippen molar-refractivity contribution in [1.82, 2.24) is 4.90 Å². The fraction of sp³-hybridized carbons (Fsp3) is 0.417. The summed E-state index contributed by atoms with van der Waals surface area (Å²) >= 11 is 3.30. The van der Waals surface area contributed by atoms with Crippen LogP contribution < -0.4 is 0 Å². The number of carbonyl (C=O) groups excluding carboxylic acids is 1. The van der Waals surface area contributed by atoms with Gasteiger partial charge in [0.1, 0.15) is 9.84 Å². The summed E-state index contributed by atoms with van der Waals surface area (Å²) in [4.78, 5) is 13.6. The molecular formula is C12H16BrNO3S. The van der Waals surface area contributed by atoms with Crippen LogP contribution in [0.15, 0.2) is 28.7 Å². The zero-order valence-corrected chi connectivity index (χ0v) is 13.0. The minimum absolute atomic E-state index is 0.0384. The molecule has 0 fully saturated rings. The summed E-state index contributed by atoms with van der Waals surface area (Å²) in [7, 11) is -1.49. The van der Waals surface area contributed by atoms with Gasteiger partial charge in [0.25, 0.3) is 5.91 Å². The van der Waals surface area contributed by atoms with Gasteiger partial charge in [-0.25, -0.2) is 8.42 Å². The molecule has 0 spiro atoms. The van der Waals surface area contributed by atoms with Crippen LogP contribution in [0.2, 0.25) is 0 Å². The van der Waals surface area contributed by atoms with Crippen LogP contribution in [0.25, 0.3) is 0 Å². The minimum Gasteiger partial charge on any atom is -0.338 e. The van der Waals surface area contributed by atoms with Gasteiger partial charge in [0.2, 0.25) is 0 Å². The lowest BCUT2D eigenvalue weighted by Crippen LogP contribution is -2.39. The van der Waals surface area contributed by atoms with Crippen molar-refractivity contribution >= 4 is 31.7 Å². The molecule has 0 aliphatic carbocycles. The van der Waals surface area contributed by atoms with Crippen molar-refractivity contribution in [3.05, 3.63) is 34.3 Å². The Labute approximate surface area is 116 Å². The second-order valence-corrected chi connectivity index (χ2v) is 7.47. The van der Waals surface area contributed by atoms with Gasteiger partial charge in [-0.1, -0.05) is 22.0 Å². The summed E-state index contributed by atoms with van der Waals surface area (Å²) < 4.78 is 23.2. The third-order valence-electron chi connectivity index (χ3n) is 2.60. The molecule has 100 valence electrons. The van der Waals surface area contributed by atoms with Crippen LogP contribution >= 0.6 is 15.9 Å². The Morgan fingerprint density at radius 1 is 1.44 bits per heavy atom. The lowest BCUT2D eigenvalue weighted by Gasteiger charge is -2.24. The molecule has 0 saturated heterocycles. The largest absolute Gasteiger partial charge is 0.338 e. The number of hydrogen-bond donors (Lipinski definition) is 0. The molecule has 0 saturated carbocycles. The fourth-order valence-electron chi connectivity index (χ4n) is 1.58. The Morgan fingerprint density at radius 3 is 2.56 bits per heavy atom. The summed E-state index contributed by atoms with van der Waals surface area (Å²) in [6, 6.07) is 6.66. The van der Waals surface area contributed by atoms with Gasteiger partial charge in [-0.2, -0.15) is 0 Å². The molecule has 1 unspecified atom stereocenters. The summed E-state index contributed by atoms with van der Waals surface area (Å²) in [6.07, 6.45) is 1.17. The van der Waals surface area contributed by atoms with Gasteiger partial charge in [0.15, 0.2) is 0 Å². The molecule has 0 radical (unpaired) electrons. The molecule has 1 aromatic rings. The average Bonchev–Trinajstić information content (AvgIpc) is 2.24. The molecule has 1 rings (SSSR count). The van der Waals surface area contributed by atoms with Crippen molar-refractivity contribution in [3.8, 4) is 0 Å². The Morgan fingerprint density at radius 2 is 2.06 bits per heavy atom. The number of carbonyl (C=O) groups is 1. The maximum atomic E-state index is 12.1. The standard InChI is InChI=1S/C12H16BrNO3S/c1-9(8-18(3,16)17)14(2)12(15)10-5-4-6-11(13)7-10/h4-7,9H,8H2,1-3H3. The van der Waals surface area contributed by atoms with Crippen LogP contribution in [-0.2, 0) is 9.84 Å². The molecular weight excluding hydrogens is 318 g/mol. The highest BCUT2D eigenvalue weighted by Crippen LogP contribution is 2.14. The third-order valence-corrected chi connectivity index (χ3v) is 4.18. The molecule has 0 aliphatic heterocycles. The first kappa shape index (κ1) is 15.2. The Balaban J connectivity index is 2.84. The molecule has 0 aromatic heterocycles. The number of rotatable bonds is 4. The Kier molecular flexibility index (Phi) is 4.92. The monoisotopic (exact) mass is 333 g/mol. The third kappa shape index (κ3) is 4.42. The van der Waals surface area contributed by atoms with Gasteiger partial charge >= 0.3 is 0 Å². The average molecular weight is 334 g/mol. The van der Waals surface area contributed by atoms with Gasteiger partial charge in [0, 0.05) is 29.4 Å². The van der Waals surface area contributed by atoms with Crippen LogP contribution in [0.5, 0.6) is 0 Å². The van der Waals surface area contributed by atoms with Gasteiger partial charge in [0.05, 0.1) is 5.75 Å². The normalized spacial score (nSPS) is 13.1. The topological polar surface area (TPSA) is 54.5 Å². The second-order valence-electron chi connectivity index (χ2n) is 4.37. The SMILES string of the molecule is CC(CS(C)(=O)=O)N(C)C(=O)c1cccc(Br)c1. The molecule has 6 heteroatoms. The van der Waals surface area contributed by atoms with E-state index in [-0.39, 0.29) is 17.7 Å². The van der Waals surface area contributed by atoms with Crippen LogP contribution in [0.4, 0.5) is 0 Å². The minimum atomic E-state index is -3.10. The number of halogens is 1. The molecule has 4 nitrogen and oxygen atoms in total. The summed E-state index contributed by atoms with van der Waals surface area (Å²) in [6.45, 7) is 1.72. The Bertz CT molecular complexity index is 542. The zero-order chi connectivity index (χ0) is 13.9. The van der Waals surface area contributed by atoms with E-state index < -0.39 is 9.84 Å². The highest BCUT2D eigenvalue weighted by Gasteiger charge is 2.20. The van der Waals surface area contributed by atoms with E-state index in [9.17, 15) is 13.2 Å². The lowest BCUT2D eigenvalue weighted by molar-refractivity contribution is 0.0757. The maximum Gasteiger partial charge on any atom is 0.253 e. The highest BCUT2D eigenvalue weighted by molar-refractivity contribution is 9.10. The van der Waals surface area contributed by atoms with E-state index in [4.69, 9.17) is 0 Å². The predicted molar refractivity (Wildman–Crippen MR) is 75.4 cm³/mol. The van der Waals surface area contributed by atoms with Gasteiger partial charge in [-0.05, 0) is 25.1 Å². The van der Waals surface area contributed by atoms with E-state index in [1.807, 2.05) is 6.07 Å². The van der Waals surface area contributed by atoms with Crippen LogP contribution in [-0.4, -0.2) is 44.3 Å². The van der Waals surface area contributed by atoms with Gasteiger partial charge < -0.3 is 4.90 Å². The second kappa shape index (κ2) is 5.84. The smallest absolute Gasteiger partial charge is 0.253 e. The summed E-state index contributed by atoms with van der Waals surface area (Å²) in [5.41, 5.74) is 0.534. The van der Waals surface area contributed by atoms with E-state index in [0.717, 1.165) is 4.47 Å². The first-order chi connectivity index (χ1) is 8.20. The zero-order valence-electron chi connectivity index (χ0n) is 10.6. The number of hydrogen-bond acceptors (Lipinski definition) is 3. The molecule has 0 aliphatic rings. The first-order valence-corrected chi connectivity index (χ1v) is 8.26. The highest BCUT2D eigenvalue weighted by atomic mass is 79.9. The van der Waals surface area contributed by atoms with Crippen molar-refractivity contribution in [3.63, 3.8) is 0 Å². The molecule has 0 heterocycles. The predicted octanol–water partition coefficient (Wildman–Crippen LogP) is 1.95. The van der Waals surface area contributed by atoms with Gasteiger partial charge in [-0.3, -0.25) is 4.79 Å².